The zero-order valence-electron chi connectivity index (χ0n) is 16.7. The highest BCUT2D eigenvalue weighted by Gasteiger charge is 2.22. The summed E-state index contributed by atoms with van der Waals surface area (Å²) in [6, 6.07) is 4.20. The Balaban J connectivity index is 0.00000338. The molecule has 0 amide bonds. The minimum Gasteiger partial charge on any atom is -0.372 e. The van der Waals surface area contributed by atoms with Crippen LogP contribution in [0.4, 0.5) is 5.82 Å². The van der Waals surface area contributed by atoms with Gasteiger partial charge in [0.05, 0.1) is 18.8 Å². The molecule has 1 aliphatic rings. The molecule has 26 heavy (non-hydrogen) atoms. The Morgan fingerprint density at radius 2 is 1.96 bits per heavy atom. The van der Waals surface area contributed by atoms with Gasteiger partial charge in [-0.15, -0.1) is 24.0 Å². The predicted octanol–water partition coefficient (Wildman–Crippen LogP) is 3.02. The minimum atomic E-state index is 0. The molecular formula is C19H34IN5O. The number of morpholine rings is 1. The third kappa shape index (κ3) is 7.65. The maximum absolute atomic E-state index is 5.79. The van der Waals surface area contributed by atoms with Crippen molar-refractivity contribution in [1.82, 2.24) is 15.6 Å². The smallest absolute Gasteiger partial charge is 0.191 e. The summed E-state index contributed by atoms with van der Waals surface area (Å²) in [5, 5.41) is 6.64. The van der Waals surface area contributed by atoms with E-state index in [0.717, 1.165) is 43.5 Å². The second-order valence-corrected chi connectivity index (χ2v) is 7.16. The van der Waals surface area contributed by atoms with Gasteiger partial charge in [-0.25, -0.2) is 9.98 Å². The van der Waals surface area contributed by atoms with Crippen molar-refractivity contribution in [3.8, 4) is 0 Å². The summed E-state index contributed by atoms with van der Waals surface area (Å²) in [6.07, 6.45) is 2.41. The van der Waals surface area contributed by atoms with E-state index in [9.17, 15) is 0 Å². The van der Waals surface area contributed by atoms with Crippen LogP contribution in [0.5, 0.6) is 0 Å². The first-order chi connectivity index (χ1) is 12.0. The van der Waals surface area contributed by atoms with Crippen molar-refractivity contribution >= 4 is 35.8 Å². The molecule has 2 unspecified atom stereocenters. The van der Waals surface area contributed by atoms with Crippen LogP contribution in [0.2, 0.25) is 0 Å². The Morgan fingerprint density at radius 1 is 1.27 bits per heavy atom. The fourth-order valence-corrected chi connectivity index (χ4v) is 2.88. The molecule has 1 saturated heterocycles. The summed E-state index contributed by atoms with van der Waals surface area (Å²) in [4.78, 5) is 11.6. The SMILES string of the molecule is CCNC(=NCc1ccc(N2CC(C)OC(C)C2)nc1)NCC(C)C.I. The third-order valence-corrected chi connectivity index (χ3v) is 3.99. The molecule has 1 aromatic rings. The van der Waals surface area contributed by atoms with Gasteiger partial charge in [0.15, 0.2) is 5.96 Å². The maximum Gasteiger partial charge on any atom is 0.191 e. The van der Waals surface area contributed by atoms with Crippen molar-refractivity contribution in [1.29, 1.82) is 0 Å². The normalized spacial score (nSPS) is 20.7. The average molecular weight is 475 g/mol. The summed E-state index contributed by atoms with van der Waals surface area (Å²) in [6.45, 7) is 14.8. The van der Waals surface area contributed by atoms with Gasteiger partial charge in [0, 0.05) is 32.4 Å². The van der Waals surface area contributed by atoms with E-state index in [1.165, 1.54) is 0 Å². The van der Waals surface area contributed by atoms with Crippen molar-refractivity contribution in [2.75, 3.05) is 31.1 Å². The lowest BCUT2D eigenvalue weighted by atomic mass is 10.2. The first kappa shape index (κ1) is 23.0. The molecule has 0 saturated carbocycles. The molecule has 0 aliphatic carbocycles. The number of guanidine groups is 1. The number of aromatic nitrogens is 1. The highest BCUT2D eigenvalue weighted by atomic mass is 127. The molecule has 2 heterocycles. The Hall–Kier alpha value is -1.09. The van der Waals surface area contributed by atoms with Crippen molar-refractivity contribution in [3.05, 3.63) is 23.9 Å². The molecule has 1 fully saturated rings. The lowest BCUT2D eigenvalue weighted by molar-refractivity contribution is -0.00545. The number of halogens is 1. The molecule has 6 nitrogen and oxygen atoms in total. The van der Waals surface area contributed by atoms with E-state index < -0.39 is 0 Å². The molecule has 7 heteroatoms. The number of rotatable bonds is 6. The van der Waals surface area contributed by atoms with Crippen LogP contribution in [0.25, 0.3) is 0 Å². The molecule has 2 atom stereocenters. The number of pyridine rings is 1. The van der Waals surface area contributed by atoms with Gasteiger partial charge in [0.2, 0.25) is 0 Å². The summed E-state index contributed by atoms with van der Waals surface area (Å²) in [5.41, 5.74) is 1.11. The van der Waals surface area contributed by atoms with Crippen LogP contribution in [0.15, 0.2) is 23.3 Å². The van der Waals surface area contributed by atoms with E-state index in [-0.39, 0.29) is 36.2 Å². The van der Waals surface area contributed by atoms with Gasteiger partial charge in [-0.2, -0.15) is 0 Å². The van der Waals surface area contributed by atoms with Crippen LogP contribution in [0.1, 0.15) is 40.2 Å². The van der Waals surface area contributed by atoms with Crippen LogP contribution >= 0.6 is 24.0 Å². The molecule has 0 radical (unpaired) electrons. The van der Waals surface area contributed by atoms with Crippen molar-refractivity contribution in [2.45, 2.75) is 53.4 Å². The summed E-state index contributed by atoms with van der Waals surface area (Å²) in [5.74, 6) is 2.46. The third-order valence-electron chi connectivity index (χ3n) is 3.99. The van der Waals surface area contributed by atoms with Crippen LogP contribution in [0.3, 0.4) is 0 Å². The monoisotopic (exact) mass is 475 g/mol. The molecular weight excluding hydrogens is 441 g/mol. The quantitative estimate of drug-likeness (QED) is 0.377. The largest absolute Gasteiger partial charge is 0.372 e. The predicted molar refractivity (Wildman–Crippen MR) is 120 cm³/mol. The number of hydrogen-bond donors (Lipinski definition) is 2. The summed E-state index contributed by atoms with van der Waals surface area (Å²) in [7, 11) is 0. The lowest BCUT2D eigenvalue weighted by Crippen LogP contribution is -2.45. The number of anilines is 1. The molecule has 148 valence electrons. The second-order valence-electron chi connectivity index (χ2n) is 7.16. The van der Waals surface area contributed by atoms with E-state index in [2.05, 4.69) is 72.3 Å². The van der Waals surface area contributed by atoms with Crippen molar-refractivity contribution in [3.63, 3.8) is 0 Å². The number of hydrogen-bond acceptors (Lipinski definition) is 4. The topological polar surface area (TPSA) is 61.8 Å². The second kappa shape index (κ2) is 11.6. The van der Waals surface area contributed by atoms with Crippen molar-refractivity contribution in [2.24, 2.45) is 10.9 Å². The number of nitrogens with zero attached hydrogens (tertiary/aromatic N) is 3. The van der Waals surface area contributed by atoms with E-state index >= 15 is 0 Å². The van der Waals surface area contributed by atoms with Crippen molar-refractivity contribution < 1.29 is 4.74 Å². The van der Waals surface area contributed by atoms with Crippen LogP contribution < -0.4 is 15.5 Å². The first-order valence-electron chi connectivity index (χ1n) is 9.35. The van der Waals surface area contributed by atoms with Gasteiger partial charge in [0.25, 0.3) is 0 Å². The van der Waals surface area contributed by atoms with E-state index in [1.54, 1.807) is 0 Å². The lowest BCUT2D eigenvalue weighted by Gasteiger charge is -2.36. The molecule has 1 aliphatic heterocycles. The standard InChI is InChI=1S/C19H33N5O.HI/c1-6-20-19(22-9-14(2)3)23-11-17-7-8-18(21-10-17)24-12-15(4)25-16(5)13-24;/h7-8,10,14-16H,6,9,11-13H2,1-5H3,(H2,20,22,23);1H. The zero-order valence-corrected chi connectivity index (χ0v) is 19.0. The van der Waals surface area contributed by atoms with Crippen LogP contribution in [-0.4, -0.2) is 49.3 Å². The summed E-state index contributed by atoms with van der Waals surface area (Å²) < 4.78 is 5.79. The molecule has 0 spiro atoms. The minimum absolute atomic E-state index is 0. The Morgan fingerprint density at radius 3 is 2.50 bits per heavy atom. The number of ether oxygens (including phenoxy) is 1. The van der Waals surface area contributed by atoms with E-state index in [0.29, 0.717) is 12.5 Å². The van der Waals surface area contributed by atoms with Gasteiger partial charge in [0.1, 0.15) is 5.82 Å². The Kier molecular flexibility index (Phi) is 10.2. The van der Waals surface area contributed by atoms with E-state index in [4.69, 9.17) is 4.74 Å². The van der Waals surface area contributed by atoms with Gasteiger partial charge >= 0.3 is 0 Å². The molecule has 1 aromatic heterocycles. The van der Waals surface area contributed by atoms with Crippen LogP contribution in [0, 0.1) is 5.92 Å². The van der Waals surface area contributed by atoms with Gasteiger partial charge in [-0.1, -0.05) is 19.9 Å². The summed E-state index contributed by atoms with van der Waals surface area (Å²) >= 11 is 0. The fraction of sp³-hybridized carbons (Fsp3) is 0.684. The number of nitrogens with one attached hydrogen (secondary N) is 2. The maximum atomic E-state index is 5.79. The average Bonchev–Trinajstić information content (AvgIpc) is 2.57. The Labute approximate surface area is 175 Å². The number of aliphatic imine (C=N–C) groups is 1. The molecule has 2 rings (SSSR count). The highest BCUT2D eigenvalue weighted by Crippen LogP contribution is 2.18. The Bertz CT molecular complexity index is 539. The first-order valence-corrected chi connectivity index (χ1v) is 9.35. The van der Waals surface area contributed by atoms with Gasteiger partial charge < -0.3 is 20.3 Å². The van der Waals surface area contributed by atoms with Gasteiger partial charge in [-0.3, -0.25) is 0 Å². The molecule has 2 N–H and O–H groups in total. The molecule has 0 aromatic carbocycles. The van der Waals surface area contributed by atoms with E-state index in [1.807, 2.05) is 6.20 Å². The molecule has 0 bridgehead atoms. The zero-order chi connectivity index (χ0) is 18.2. The van der Waals surface area contributed by atoms with Crippen LogP contribution in [-0.2, 0) is 11.3 Å². The van der Waals surface area contributed by atoms with Gasteiger partial charge in [-0.05, 0) is 38.3 Å². The fourth-order valence-electron chi connectivity index (χ4n) is 2.88. The highest BCUT2D eigenvalue weighted by molar-refractivity contribution is 14.0.